The van der Waals surface area contributed by atoms with Crippen molar-refractivity contribution in [3.63, 3.8) is 0 Å². The number of fused-ring (bicyclic) bond motifs is 1. The van der Waals surface area contributed by atoms with Gasteiger partial charge in [-0.05, 0) is 39.3 Å². The lowest BCUT2D eigenvalue weighted by Crippen LogP contribution is -2.45. The van der Waals surface area contributed by atoms with Gasteiger partial charge in [0.05, 0.1) is 0 Å². The van der Waals surface area contributed by atoms with Crippen molar-refractivity contribution in [3.05, 3.63) is 41.6 Å². The lowest BCUT2D eigenvalue weighted by molar-refractivity contribution is -0.119. The number of aryl methyl sites for hydroxylation is 1. The Bertz CT molecular complexity index is 805. The maximum absolute atomic E-state index is 12.7. The molecular weight excluding hydrogens is 324 g/mol. The summed E-state index contributed by atoms with van der Waals surface area (Å²) < 4.78 is 0. The van der Waals surface area contributed by atoms with Crippen LogP contribution in [0.2, 0.25) is 0 Å². The van der Waals surface area contributed by atoms with Crippen LogP contribution >= 0.6 is 0 Å². The normalized spacial score (nSPS) is 20.5. The zero-order valence-electron chi connectivity index (χ0n) is 15.6. The van der Waals surface area contributed by atoms with E-state index in [1.165, 1.54) is 6.42 Å². The number of amides is 1. The summed E-state index contributed by atoms with van der Waals surface area (Å²) in [6.45, 7) is 7.15. The number of likely N-dealkylation sites (N-methyl/N-ethyl adjacent to an activating group) is 1. The molecule has 0 radical (unpaired) electrons. The van der Waals surface area contributed by atoms with Gasteiger partial charge in [0.1, 0.15) is 5.82 Å². The van der Waals surface area contributed by atoms with Gasteiger partial charge in [0.2, 0.25) is 5.91 Å². The van der Waals surface area contributed by atoms with Crippen LogP contribution in [0.15, 0.2) is 30.3 Å². The second-order valence-corrected chi connectivity index (χ2v) is 7.23. The molecule has 0 spiro atoms. The summed E-state index contributed by atoms with van der Waals surface area (Å²) in [5, 5.41) is 0. The number of benzene rings is 1. The van der Waals surface area contributed by atoms with E-state index in [0.717, 1.165) is 55.1 Å². The van der Waals surface area contributed by atoms with E-state index < -0.39 is 0 Å². The highest BCUT2D eigenvalue weighted by Crippen LogP contribution is 2.31. The van der Waals surface area contributed by atoms with Gasteiger partial charge in [0, 0.05) is 35.8 Å². The average Bonchev–Trinajstić information content (AvgIpc) is 3.12. The standard InChI is InChI=1S/C21H26N4O/c1-3-24-13-7-10-17(24)14-25-19(26)12-11-18-15(2)22-20(23-21(18)25)16-8-5-4-6-9-16/h4-6,8-9,17H,3,7,10-14H2,1-2H3/t17-/m0/s1. The second kappa shape index (κ2) is 7.16. The van der Waals surface area contributed by atoms with E-state index in [9.17, 15) is 4.79 Å². The van der Waals surface area contributed by atoms with E-state index in [-0.39, 0.29) is 5.91 Å². The zero-order chi connectivity index (χ0) is 18.1. The SMILES string of the molecule is CCN1CCC[C@H]1CN1C(=O)CCc2c(C)nc(-c3ccccc3)nc21. The van der Waals surface area contributed by atoms with Crippen molar-refractivity contribution in [3.8, 4) is 11.4 Å². The summed E-state index contributed by atoms with van der Waals surface area (Å²) in [5.74, 6) is 1.73. The Balaban J connectivity index is 1.72. The first kappa shape index (κ1) is 17.2. The summed E-state index contributed by atoms with van der Waals surface area (Å²) in [6.07, 6.45) is 3.67. The first-order valence-corrected chi connectivity index (χ1v) is 9.64. The van der Waals surface area contributed by atoms with Crippen molar-refractivity contribution in [2.75, 3.05) is 24.5 Å². The van der Waals surface area contributed by atoms with Crippen molar-refractivity contribution in [1.29, 1.82) is 0 Å². The van der Waals surface area contributed by atoms with E-state index in [2.05, 4.69) is 11.8 Å². The Hall–Kier alpha value is -2.27. The summed E-state index contributed by atoms with van der Waals surface area (Å²) in [6, 6.07) is 10.5. The van der Waals surface area contributed by atoms with Crippen LogP contribution in [-0.4, -0.2) is 46.5 Å². The fourth-order valence-electron chi connectivity index (χ4n) is 4.22. The molecule has 0 N–H and O–H groups in total. The summed E-state index contributed by atoms with van der Waals surface area (Å²) in [4.78, 5) is 26.7. The fourth-order valence-corrected chi connectivity index (χ4v) is 4.22. The molecule has 5 heteroatoms. The monoisotopic (exact) mass is 350 g/mol. The number of rotatable bonds is 4. The predicted molar refractivity (Wildman–Crippen MR) is 103 cm³/mol. The van der Waals surface area contributed by atoms with Gasteiger partial charge >= 0.3 is 0 Å². The molecule has 2 aliphatic rings. The third-order valence-corrected chi connectivity index (χ3v) is 5.67. The molecule has 1 fully saturated rings. The van der Waals surface area contributed by atoms with Gasteiger partial charge in [-0.15, -0.1) is 0 Å². The fraction of sp³-hybridized carbons (Fsp3) is 0.476. The molecule has 1 amide bonds. The molecule has 0 unspecified atom stereocenters. The summed E-state index contributed by atoms with van der Waals surface area (Å²) >= 11 is 0. The molecule has 2 aromatic rings. The van der Waals surface area contributed by atoms with Crippen LogP contribution in [0.4, 0.5) is 5.82 Å². The van der Waals surface area contributed by atoms with Crippen LogP contribution < -0.4 is 4.90 Å². The van der Waals surface area contributed by atoms with Crippen molar-refractivity contribution in [1.82, 2.24) is 14.9 Å². The van der Waals surface area contributed by atoms with Crippen molar-refractivity contribution in [2.24, 2.45) is 0 Å². The van der Waals surface area contributed by atoms with Gasteiger partial charge < -0.3 is 0 Å². The van der Waals surface area contributed by atoms with Crippen molar-refractivity contribution in [2.45, 2.75) is 45.6 Å². The Kier molecular flexibility index (Phi) is 4.72. The number of hydrogen-bond acceptors (Lipinski definition) is 4. The smallest absolute Gasteiger partial charge is 0.228 e. The van der Waals surface area contributed by atoms with E-state index in [1.54, 1.807) is 0 Å². The first-order chi connectivity index (χ1) is 12.7. The summed E-state index contributed by atoms with van der Waals surface area (Å²) in [5.41, 5.74) is 3.11. The van der Waals surface area contributed by atoms with E-state index in [1.807, 2.05) is 42.2 Å². The highest BCUT2D eigenvalue weighted by Gasteiger charge is 2.33. The van der Waals surface area contributed by atoms with Crippen LogP contribution in [0.5, 0.6) is 0 Å². The van der Waals surface area contributed by atoms with Gasteiger partial charge in [0.15, 0.2) is 5.82 Å². The molecule has 3 heterocycles. The molecule has 26 heavy (non-hydrogen) atoms. The zero-order valence-corrected chi connectivity index (χ0v) is 15.6. The molecule has 5 nitrogen and oxygen atoms in total. The van der Waals surface area contributed by atoms with Gasteiger partial charge in [-0.3, -0.25) is 14.6 Å². The van der Waals surface area contributed by atoms with E-state index in [0.29, 0.717) is 18.3 Å². The Morgan fingerprint density at radius 2 is 1.96 bits per heavy atom. The molecule has 1 saturated heterocycles. The highest BCUT2D eigenvalue weighted by molar-refractivity contribution is 5.95. The number of nitrogens with zero attached hydrogens (tertiary/aromatic N) is 4. The Labute approximate surface area is 155 Å². The molecule has 136 valence electrons. The van der Waals surface area contributed by atoms with E-state index in [4.69, 9.17) is 9.97 Å². The van der Waals surface area contributed by atoms with Crippen LogP contribution in [0.25, 0.3) is 11.4 Å². The molecule has 0 saturated carbocycles. The molecule has 1 aromatic carbocycles. The van der Waals surface area contributed by atoms with Gasteiger partial charge in [-0.25, -0.2) is 9.97 Å². The molecule has 0 aliphatic carbocycles. The minimum atomic E-state index is 0.192. The van der Waals surface area contributed by atoms with Crippen LogP contribution in [0, 0.1) is 6.92 Å². The maximum atomic E-state index is 12.7. The third-order valence-electron chi connectivity index (χ3n) is 5.67. The van der Waals surface area contributed by atoms with Gasteiger partial charge in [0.25, 0.3) is 0 Å². The lowest BCUT2D eigenvalue weighted by atomic mass is 10.0. The highest BCUT2D eigenvalue weighted by atomic mass is 16.2. The number of carbonyl (C=O) groups excluding carboxylic acids is 1. The van der Waals surface area contributed by atoms with Gasteiger partial charge in [-0.1, -0.05) is 37.3 Å². The lowest BCUT2D eigenvalue weighted by Gasteiger charge is -2.33. The number of hydrogen-bond donors (Lipinski definition) is 0. The molecule has 1 atom stereocenters. The topological polar surface area (TPSA) is 49.3 Å². The van der Waals surface area contributed by atoms with Gasteiger partial charge in [-0.2, -0.15) is 0 Å². The van der Waals surface area contributed by atoms with Crippen LogP contribution in [0.3, 0.4) is 0 Å². The quantitative estimate of drug-likeness (QED) is 0.849. The molecule has 0 bridgehead atoms. The van der Waals surface area contributed by atoms with Crippen molar-refractivity contribution >= 4 is 11.7 Å². The maximum Gasteiger partial charge on any atom is 0.228 e. The Morgan fingerprint density at radius 3 is 2.73 bits per heavy atom. The molecule has 2 aliphatic heterocycles. The van der Waals surface area contributed by atoms with E-state index >= 15 is 0 Å². The Morgan fingerprint density at radius 1 is 1.15 bits per heavy atom. The number of aromatic nitrogens is 2. The van der Waals surface area contributed by atoms with Crippen molar-refractivity contribution < 1.29 is 4.79 Å². The second-order valence-electron chi connectivity index (χ2n) is 7.23. The molecule has 1 aromatic heterocycles. The minimum Gasteiger partial charge on any atom is -0.299 e. The first-order valence-electron chi connectivity index (χ1n) is 9.64. The molecular formula is C21H26N4O. The predicted octanol–water partition coefficient (Wildman–Crippen LogP) is 3.22. The number of carbonyl (C=O) groups is 1. The third kappa shape index (κ3) is 3.12. The number of likely N-dealkylation sites (tertiary alicyclic amines) is 1. The van der Waals surface area contributed by atoms with Crippen LogP contribution in [0.1, 0.15) is 37.4 Å². The number of anilines is 1. The molecule has 4 rings (SSSR count). The van der Waals surface area contributed by atoms with Crippen LogP contribution in [-0.2, 0) is 11.2 Å². The summed E-state index contributed by atoms with van der Waals surface area (Å²) in [7, 11) is 0. The largest absolute Gasteiger partial charge is 0.299 e. The average molecular weight is 350 g/mol. The minimum absolute atomic E-state index is 0.192.